The van der Waals surface area contributed by atoms with Gasteiger partial charge in [-0.05, 0) is 61.4 Å². The van der Waals surface area contributed by atoms with Crippen LogP contribution in [0.5, 0.6) is 0 Å². The Kier molecular flexibility index (Phi) is 6.72. The van der Waals surface area contributed by atoms with Crippen molar-refractivity contribution in [3.8, 4) is 11.4 Å². The third-order valence-electron chi connectivity index (χ3n) is 6.39. The van der Waals surface area contributed by atoms with Crippen molar-refractivity contribution in [1.29, 1.82) is 0 Å². The molecule has 2 atom stereocenters. The summed E-state index contributed by atoms with van der Waals surface area (Å²) in [5, 5.41) is 18.4. The van der Waals surface area contributed by atoms with E-state index in [0.717, 1.165) is 0 Å². The molecule has 2 aromatic carbocycles. The lowest BCUT2D eigenvalue weighted by Gasteiger charge is -2.24. The van der Waals surface area contributed by atoms with Crippen LogP contribution in [0.3, 0.4) is 0 Å². The summed E-state index contributed by atoms with van der Waals surface area (Å²) in [6.07, 6.45) is 0.711. The van der Waals surface area contributed by atoms with Crippen molar-refractivity contribution >= 4 is 45.9 Å². The van der Waals surface area contributed by atoms with Crippen molar-refractivity contribution in [2.75, 3.05) is 5.32 Å². The lowest BCUT2D eigenvalue weighted by Crippen LogP contribution is -2.45. The minimum Gasteiger partial charge on any atom is -0.322 e. The van der Waals surface area contributed by atoms with Crippen molar-refractivity contribution in [2.24, 2.45) is 0 Å². The van der Waals surface area contributed by atoms with Crippen molar-refractivity contribution < 1.29 is 14.4 Å². The van der Waals surface area contributed by atoms with Crippen LogP contribution in [-0.4, -0.2) is 47.5 Å². The Morgan fingerprint density at radius 3 is 2.66 bits per heavy atom. The standard InChI is InChI=1S/C25H23ClN8O4/c1-3-18(34-31-22(30-32-34)14-7-9-15(26)10-8-14)23(36)28-17-6-4-5-16-21(17)27-13(2)33(25(16)38)19-11-12-20(35)29-24(19)37/h4-10,18-19H,3,11-12H2,1-2H3,(H,28,36)(H,29,35,37). The molecule has 13 heteroatoms. The number of hydrogen-bond acceptors (Lipinski definition) is 8. The summed E-state index contributed by atoms with van der Waals surface area (Å²) in [5.74, 6) is -0.681. The number of nitrogens with zero attached hydrogens (tertiary/aromatic N) is 6. The lowest BCUT2D eigenvalue weighted by molar-refractivity contribution is -0.135. The zero-order valence-electron chi connectivity index (χ0n) is 20.5. The number of para-hydroxylation sites is 1. The van der Waals surface area contributed by atoms with Gasteiger partial charge in [0, 0.05) is 17.0 Å². The third-order valence-corrected chi connectivity index (χ3v) is 6.64. The Bertz CT molecular complexity index is 1630. The van der Waals surface area contributed by atoms with E-state index in [9.17, 15) is 19.2 Å². The van der Waals surface area contributed by atoms with Crippen LogP contribution in [-0.2, 0) is 14.4 Å². The Morgan fingerprint density at radius 1 is 1.18 bits per heavy atom. The third kappa shape index (κ3) is 4.65. The smallest absolute Gasteiger partial charge is 0.262 e. The van der Waals surface area contributed by atoms with Crippen LogP contribution in [0.25, 0.3) is 22.3 Å². The van der Waals surface area contributed by atoms with Gasteiger partial charge in [0.1, 0.15) is 17.4 Å². The van der Waals surface area contributed by atoms with E-state index in [2.05, 4.69) is 31.0 Å². The Hall–Kier alpha value is -4.45. The van der Waals surface area contributed by atoms with E-state index >= 15 is 0 Å². The monoisotopic (exact) mass is 534 g/mol. The number of carbonyl (C=O) groups is 3. The second-order valence-corrected chi connectivity index (χ2v) is 9.29. The molecule has 1 aliphatic heterocycles. The summed E-state index contributed by atoms with van der Waals surface area (Å²) < 4.78 is 1.29. The fraction of sp³-hybridized carbons (Fsp3) is 0.280. The van der Waals surface area contributed by atoms with Gasteiger partial charge in [0.05, 0.1) is 11.1 Å². The number of amides is 3. The van der Waals surface area contributed by atoms with E-state index in [-0.39, 0.29) is 35.5 Å². The van der Waals surface area contributed by atoms with Gasteiger partial charge in [0.15, 0.2) is 6.04 Å². The number of rotatable bonds is 6. The first-order valence-electron chi connectivity index (χ1n) is 12.0. The maximum atomic E-state index is 13.4. The fourth-order valence-electron chi connectivity index (χ4n) is 4.47. The molecule has 5 rings (SSSR count). The average molecular weight is 535 g/mol. The molecular weight excluding hydrogens is 512 g/mol. The van der Waals surface area contributed by atoms with E-state index in [1.165, 1.54) is 9.36 Å². The molecule has 2 N–H and O–H groups in total. The first-order chi connectivity index (χ1) is 18.3. The Balaban J connectivity index is 1.44. The second kappa shape index (κ2) is 10.1. The average Bonchev–Trinajstić information content (AvgIpc) is 3.36. The molecule has 3 amide bonds. The maximum Gasteiger partial charge on any atom is 0.262 e. The van der Waals surface area contributed by atoms with Gasteiger partial charge in [-0.1, -0.05) is 24.6 Å². The number of benzene rings is 2. The molecule has 2 unspecified atom stereocenters. The molecule has 4 aromatic rings. The number of hydrogen-bond donors (Lipinski definition) is 2. The summed E-state index contributed by atoms with van der Waals surface area (Å²) in [7, 11) is 0. The molecule has 3 heterocycles. The number of halogens is 1. The largest absolute Gasteiger partial charge is 0.322 e. The number of piperidine rings is 1. The molecule has 38 heavy (non-hydrogen) atoms. The van der Waals surface area contributed by atoms with Crippen LogP contribution in [0.2, 0.25) is 5.02 Å². The molecule has 0 saturated carbocycles. The molecule has 0 aliphatic carbocycles. The highest BCUT2D eigenvalue weighted by molar-refractivity contribution is 6.30. The number of aryl methyl sites for hydroxylation is 1. The van der Waals surface area contributed by atoms with E-state index < -0.39 is 29.5 Å². The predicted octanol–water partition coefficient (Wildman–Crippen LogP) is 2.58. The number of anilines is 1. The normalized spacial score (nSPS) is 16.3. The minimum atomic E-state index is -0.840. The van der Waals surface area contributed by atoms with Crippen LogP contribution in [0.15, 0.2) is 47.3 Å². The summed E-state index contributed by atoms with van der Waals surface area (Å²) in [4.78, 5) is 56.4. The number of carbonyl (C=O) groups excluding carboxylic acids is 3. The van der Waals surface area contributed by atoms with Crippen molar-refractivity contribution in [3.05, 3.63) is 63.7 Å². The van der Waals surface area contributed by atoms with Crippen LogP contribution in [0.1, 0.15) is 44.1 Å². The molecule has 1 saturated heterocycles. The van der Waals surface area contributed by atoms with Gasteiger partial charge < -0.3 is 5.32 Å². The first kappa shape index (κ1) is 25.2. The molecule has 0 radical (unpaired) electrons. The Morgan fingerprint density at radius 2 is 1.95 bits per heavy atom. The quantitative estimate of drug-likeness (QED) is 0.358. The summed E-state index contributed by atoms with van der Waals surface area (Å²) in [6.45, 7) is 3.43. The number of imide groups is 1. The van der Waals surface area contributed by atoms with Crippen molar-refractivity contribution in [1.82, 2.24) is 35.1 Å². The van der Waals surface area contributed by atoms with Crippen LogP contribution < -0.4 is 16.2 Å². The predicted molar refractivity (Wildman–Crippen MR) is 138 cm³/mol. The van der Waals surface area contributed by atoms with Gasteiger partial charge in [0.2, 0.25) is 17.6 Å². The molecule has 1 fully saturated rings. The van der Waals surface area contributed by atoms with E-state index in [1.54, 1.807) is 49.4 Å². The fourth-order valence-corrected chi connectivity index (χ4v) is 4.59. The lowest BCUT2D eigenvalue weighted by atomic mass is 10.1. The number of aromatic nitrogens is 6. The van der Waals surface area contributed by atoms with Crippen LogP contribution in [0.4, 0.5) is 5.69 Å². The van der Waals surface area contributed by atoms with Crippen LogP contribution in [0, 0.1) is 6.92 Å². The Labute approximate surface area is 221 Å². The molecule has 12 nitrogen and oxygen atoms in total. The molecular formula is C25H23ClN8O4. The van der Waals surface area contributed by atoms with Gasteiger partial charge in [-0.3, -0.25) is 29.1 Å². The highest BCUT2D eigenvalue weighted by Gasteiger charge is 2.31. The van der Waals surface area contributed by atoms with Crippen molar-refractivity contribution in [2.45, 2.75) is 45.2 Å². The zero-order valence-corrected chi connectivity index (χ0v) is 21.3. The van der Waals surface area contributed by atoms with E-state index in [1.807, 2.05) is 6.92 Å². The van der Waals surface area contributed by atoms with Gasteiger partial charge in [0.25, 0.3) is 11.5 Å². The molecule has 0 bridgehead atoms. The van der Waals surface area contributed by atoms with Gasteiger partial charge in [-0.15, -0.1) is 10.2 Å². The van der Waals surface area contributed by atoms with Crippen molar-refractivity contribution in [3.63, 3.8) is 0 Å². The SMILES string of the molecule is CCC(C(=O)Nc1cccc2c(=O)n(C3CCC(=O)NC3=O)c(C)nc12)n1nnc(-c2ccc(Cl)cc2)n1. The maximum absolute atomic E-state index is 13.4. The second-order valence-electron chi connectivity index (χ2n) is 8.86. The summed E-state index contributed by atoms with van der Waals surface area (Å²) >= 11 is 5.95. The van der Waals surface area contributed by atoms with Crippen LogP contribution >= 0.6 is 11.6 Å². The molecule has 1 aliphatic rings. The number of tetrazole rings is 1. The molecule has 0 spiro atoms. The van der Waals surface area contributed by atoms with E-state index in [0.29, 0.717) is 28.5 Å². The highest BCUT2D eigenvalue weighted by atomic mass is 35.5. The van der Waals surface area contributed by atoms with Gasteiger partial charge in [-0.2, -0.15) is 4.80 Å². The number of nitrogens with one attached hydrogen (secondary N) is 2. The summed E-state index contributed by atoms with van der Waals surface area (Å²) in [5.41, 5.74) is 0.891. The summed E-state index contributed by atoms with van der Waals surface area (Å²) in [6, 6.07) is 10.2. The van der Waals surface area contributed by atoms with E-state index in [4.69, 9.17) is 11.6 Å². The molecule has 194 valence electrons. The minimum absolute atomic E-state index is 0.130. The first-order valence-corrected chi connectivity index (χ1v) is 12.4. The number of fused-ring (bicyclic) bond motifs is 1. The topological polar surface area (TPSA) is 154 Å². The zero-order chi connectivity index (χ0) is 27.0. The highest BCUT2D eigenvalue weighted by Crippen LogP contribution is 2.25. The van der Waals surface area contributed by atoms with Gasteiger partial charge in [-0.25, -0.2) is 4.98 Å². The molecule has 2 aromatic heterocycles. The van der Waals surface area contributed by atoms with Gasteiger partial charge >= 0.3 is 0 Å².